The highest BCUT2D eigenvalue weighted by Crippen LogP contribution is 2.31. The Hall–Kier alpha value is -0.730. The molecule has 0 saturated heterocycles. The molecule has 0 aromatic rings. The summed E-state index contributed by atoms with van der Waals surface area (Å²) in [5, 5.41) is 0. The summed E-state index contributed by atoms with van der Waals surface area (Å²) in [4.78, 5) is 6.69. The summed E-state index contributed by atoms with van der Waals surface area (Å²) < 4.78 is 0. The molecule has 0 bridgehead atoms. The highest BCUT2D eigenvalue weighted by Gasteiger charge is 2.39. The van der Waals surface area contributed by atoms with Gasteiger partial charge in [0.25, 0.3) is 0 Å². The minimum Gasteiger partial charge on any atom is -0.370 e. The molecule has 0 saturated carbocycles. The van der Waals surface area contributed by atoms with Crippen LogP contribution in [0.15, 0.2) is 4.99 Å². The normalized spacial score (nSPS) is 19.9. The van der Waals surface area contributed by atoms with Gasteiger partial charge in [0.15, 0.2) is 5.96 Å². The van der Waals surface area contributed by atoms with Crippen LogP contribution in [-0.2, 0) is 0 Å². The number of nitrogens with two attached hydrogens (primary N) is 1. The van der Waals surface area contributed by atoms with Gasteiger partial charge in [-0.05, 0) is 19.8 Å². The van der Waals surface area contributed by atoms with Crippen molar-refractivity contribution in [1.82, 2.24) is 4.90 Å². The maximum Gasteiger partial charge on any atom is 0.191 e. The third-order valence-corrected chi connectivity index (χ3v) is 3.13. The first-order valence-electron chi connectivity index (χ1n) is 5.77. The van der Waals surface area contributed by atoms with Gasteiger partial charge in [0, 0.05) is 6.54 Å². The van der Waals surface area contributed by atoms with Crippen molar-refractivity contribution in [1.29, 1.82) is 0 Å². The van der Waals surface area contributed by atoms with Crippen LogP contribution in [0.25, 0.3) is 0 Å². The second-order valence-electron chi connectivity index (χ2n) is 4.14. The van der Waals surface area contributed by atoms with Crippen LogP contribution < -0.4 is 5.73 Å². The van der Waals surface area contributed by atoms with E-state index in [1.165, 1.54) is 25.7 Å². The van der Waals surface area contributed by atoms with Gasteiger partial charge in [0.05, 0.1) is 12.1 Å². The quantitative estimate of drug-likeness (QED) is 0.732. The Morgan fingerprint density at radius 2 is 1.86 bits per heavy atom. The Morgan fingerprint density at radius 1 is 1.29 bits per heavy atom. The predicted octanol–water partition coefficient (Wildman–Crippen LogP) is 1.98. The van der Waals surface area contributed by atoms with Crippen LogP contribution >= 0.6 is 0 Å². The summed E-state index contributed by atoms with van der Waals surface area (Å²) in [5.41, 5.74) is 6.14. The van der Waals surface area contributed by atoms with E-state index in [0.29, 0.717) is 0 Å². The molecular formula is C11H23N3. The van der Waals surface area contributed by atoms with Gasteiger partial charge in [-0.3, -0.25) is 4.99 Å². The molecule has 1 heterocycles. The van der Waals surface area contributed by atoms with E-state index >= 15 is 0 Å². The van der Waals surface area contributed by atoms with Crippen LogP contribution in [-0.4, -0.2) is 29.5 Å². The first kappa shape index (κ1) is 11.3. The molecule has 0 radical (unpaired) electrons. The molecular weight excluding hydrogens is 174 g/mol. The van der Waals surface area contributed by atoms with Crippen LogP contribution in [0.3, 0.4) is 0 Å². The fourth-order valence-electron chi connectivity index (χ4n) is 2.62. The molecule has 0 aliphatic carbocycles. The zero-order valence-corrected chi connectivity index (χ0v) is 9.71. The second kappa shape index (κ2) is 4.67. The van der Waals surface area contributed by atoms with Gasteiger partial charge in [-0.1, -0.05) is 26.7 Å². The molecule has 0 atom stereocenters. The molecule has 82 valence electrons. The van der Waals surface area contributed by atoms with E-state index in [9.17, 15) is 0 Å². The molecule has 14 heavy (non-hydrogen) atoms. The number of likely N-dealkylation sites (N-methyl/N-ethyl adjacent to an activating group) is 1. The monoisotopic (exact) mass is 197 g/mol. The summed E-state index contributed by atoms with van der Waals surface area (Å²) in [7, 11) is 0. The lowest BCUT2D eigenvalue weighted by atomic mass is 9.88. The molecule has 0 fully saturated rings. The summed E-state index contributed by atoms with van der Waals surface area (Å²) in [6, 6.07) is 0. The fraction of sp³-hybridized carbons (Fsp3) is 0.909. The third kappa shape index (κ3) is 1.86. The minimum absolute atomic E-state index is 0.238. The van der Waals surface area contributed by atoms with Crippen molar-refractivity contribution in [3.8, 4) is 0 Å². The second-order valence-corrected chi connectivity index (χ2v) is 4.14. The lowest BCUT2D eigenvalue weighted by Crippen LogP contribution is -2.51. The lowest BCUT2D eigenvalue weighted by molar-refractivity contribution is 0.176. The molecule has 0 aromatic heterocycles. The van der Waals surface area contributed by atoms with Crippen molar-refractivity contribution in [2.24, 2.45) is 10.7 Å². The lowest BCUT2D eigenvalue weighted by Gasteiger charge is -2.38. The summed E-state index contributed by atoms with van der Waals surface area (Å²) in [6.07, 6.45) is 4.83. The first-order chi connectivity index (χ1) is 6.70. The van der Waals surface area contributed by atoms with Crippen molar-refractivity contribution in [2.75, 3.05) is 13.1 Å². The largest absolute Gasteiger partial charge is 0.370 e. The Kier molecular flexibility index (Phi) is 3.78. The van der Waals surface area contributed by atoms with Gasteiger partial charge < -0.3 is 10.6 Å². The van der Waals surface area contributed by atoms with E-state index in [2.05, 4.69) is 30.7 Å². The van der Waals surface area contributed by atoms with Crippen LogP contribution in [0.4, 0.5) is 0 Å². The molecule has 3 heteroatoms. The Morgan fingerprint density at radius 3 is 2.29 bits per heavy atom. The van der Waals surface area contributed by atoms with Crippen molar-refractivity contribution in [3.63, 3.8) is 0 Å². The number of hydrogen-bond donors (Lipinski definition) is 1. The average Bonchev–Trinajstić information content (AvgIpc) is 2.45. The molecule has 2 N–H and O–H groups in total. The van der Waals surface area contributed by atoms with Crippen molar-refractivity contribution >= 4 is 5.96 Å². The Labute approximate surface area is 87.4 Å². The summed E-state index contributed by atoms with van der Waals surface area (Å²) in [5.74, 6) is 0.745. The highest BCUT2D eigenvalue weighted by atomic mass is 15.3. The molecule has 0 amide bonds. The van der Waals surface area contributed by atoms with Gasteiger partial charge in [0.1, 0.15) is 0 Å². The topological polar surface area (TPSA) is 41.6 Å². The predicted molar refractivity (Wildman–Crippen MR) is 61.4 cm³/mol. The smallest absolute Gasteiger partial charge is 0.191 e. The molecule has 1 rings (SSSR count). The number of rotatable bonds is 5. The molecule has 0 aromatic carbocycles. The first-order valence-corrected chi connectivity index (χ1v) is 5.77. The maximum absolute atomic E-state index is 5.90. The van der Waals surface area contributed by atoms with E-state index in [0.717, 1.165) is 19.0 Å². The average molecular weight is 197 g/mol. The van der Waals surface area contributed by atoms with Gasteiger partial charge in [-0.25, -0.2) is 0 Å². The zero-order chi connectivity index (χ0) is 10.6. The Balaban J connectivity index is 2.77. The number of guanidine groups is 1. The van der Waals surface area contributed by atoms with Crippen LogP contribution in [0.1, 0.15) is 46.5 Å². The van der Waals surface area contributed by atoms with Crippen molar-refractivity contribution in [3.05, 3.63) is 0 Å². The number of nitrogens with zero attached hydrogens (tertiary/aromatic N) is 2. The van der Waals surface area contributed by atoms with E-state index in [1.807, 2.05) is 0 Å². The summed E-state index contributed by atoms with van der Waals surface area (Å²) >= 11 is 0. The van der Waals surface area contributed by atoms with E-state index in [1.54, 1.807) is 0 Å². The van der Waals surface area contributed by atoms with Crippen LogP contribution in [0, 0.1) is 0 Å². The number of hydrogen-bond acceptors (Lipinski definition) is 3. The molecule has 1 aliphatic heterocycles. The van der Waals surface area contributed by atoms with Gasteiger partial charge >= 0.3 is 0 Å². The van der Waals surface area contributed by atoms with Gasteiger partial charge in [0.2, 0.25) is 0 Å². The SMILES string of the molecule is CCCC1(CCC)CN=C(N)N1CC. The minimum atomic E-state index is 0.238. The van der Waals surface area contributed by atoms with Crippen molar-refractivity contribution < 1.29 is 0 Å². The Bertz CT molecular complexity index is 205. The van der Waals surface area contributed by atoms with Crippen LogP contribution in [0.5, 0.6) is 0 Å². The van der Waals surface area contributed by atoms with E-state index < -0.39 is 0 Å². The molecule has 1 aliphatic rings. The van der Waals surface area contributed by atoms with Crippen molar-refractivity contribution in [2.45, 2.75) is 52.0 Å². The van der Waals surface area contributed by atoms with Crippen LogP contribution in [0.2, 0.25) is 0 Å². The molecule has 0 spiro atoms. The van der Waals surface area contributed by atoms with E-state index in [4.69, 9.17) is 5.73 Å². The standard InChI is InChI=1S/C11H23N3/c1-4-7-11(8-5-2)9-13-10(12)14(11)6-3/h4-9H2,1-3H3,(H2,12,13). The zero-order valence-electron chi connectivity index (χ0n) is 9.71. The highest BCUT2D eigenvalue weighted by molar-refractivity contribution is 5.81. The molecule has 0 unspecified atom stereocenters. The molecule has 3 nitrogen and oxygen atoms in total. The van der Waals surface area contributed by atoms with E-state index in [-0.39, 0.29) is 5.54 Å². The van der Waals surface area contributed by atoms with Gasteiger partial charge in [-0.15, -0.1) is 0 Å². The van der Waals surface area contributed by atoms with Gasteiger partial charge in [-0.2, -0.15) is 0 Å². The fourth-order valence-corrected chi connectivity index (χ4v) is 2.62. The summed E-state index contributed by atoms with van der Waals surface area (Å²) in [6.45, 7) is 8.51. The number of aliphatic imine (C=N–C) groups is 1. The third-order valence-electron chi connectivity index (χ3n) is 3.13. The maximum atomic E-state index is 5.90.